The molecule has 8 nitrogen and oxygen atoms in total. The van der Waals surface area contributed by atoms with Gasteiger partial charge >= 0.3 is 5.97 Å². The molecule has 47 heavy (non-hydrogen) atoms. The van der Waals surface area contributed by atoms with E-state index in [1.807, 2.05) is 61.5 Å². The summed E-state index contributed by atoms with van der Waals surface area (Å²) in [5.41, 5.74) is 3.79. The summed E-state index contributed by atoms with van der Waals surface area (Å²) in [7, 11) is 0. The van der Waals surface area contributed by atoms with Crippen LogP contribution in [0.2, 0.25) is 10.0 Å². The molecule has 4 aromatic rings. The number of halogens is 2. The Morgan fingerprint density at radius 2 is 1.72 bits per heavy atom. The zero-order valence-electron chi connectivity index (χ0n) is 27.0. The van der Waals surface area contributed by atoms with E-state index in [2.05, 4.69) is 18.7 Å². The van der Waals surface area contributed by atoms with Crippen LogP contribution in [0.5, 0.6) is 11.5 Å². The van der Waals surface area contributed by atoms with E-state index in [4.69, 9.17) is 42.4 Å². The third-order valence-electron chi connectivity index (χ3n) is 7.83. The first kappa shape index (κ1) is 34.3. The topological polar surface area (TPSA) is 82.4 Å². The van der Waals surface area contributed by atoms with Crippen molar-refractivity contribution < 1.29 is 19.0 Å². The van der Waals surface area contributed by atoms with Gasteiger partial charge in [0.1, 0.15) is 18.1 Å². The smallest absolute Gasteiger partial charge is 0.338 e. The van der Waals surface area contributed by atoms with Gasteiger partial charge in [0.2, 0.25) is 0 Å². The first-order valence-electron chi connectivity index (χ1n) is 15.6. The third-order valence-corrected chi connectivity index (χ3v) is 9.40. The van der Waals surface area contributed by atoms with Crippen LogP contribution >= 0.6 is 34.5 Å². The summed E-state index contributed by atoms with van der Waals surface area (Å²) < 4.78 is 19.4. The summed E-state index contributed by atoms with van der Waals surface area (Å²) in [6.07, 6.45) is 1.81. The van der Waals surface area contributed by atoms with E-state index < -0.39 is 12.0 Å². The molecule has 11 heteroatoms. The van der Waals surface area contributed by atoms with Gasteiger partial charge in [-0.05, 0) is 82.7 Å². The molecule has 5 rings (SSSR count). The van der Waals surface area contributed by atoms with Crippen molar-refractivity contribution in [1.29, 1.82) is 0 Å². The lowest BCUT2D eigenvalue weighted by atomic mass is 9.96. The van der Waals surface area contributed by atoms with Crippen molar-refractivity contribution in [3.63, 3.8) is 0 Å². The zero-order chi connectivity index (χ0) is 33.7. The van der Waals surface area contributed by atoms with Crippen molar-refractivity contribution in [3.8, 4) is 11.5 Å². The van der Waals surface area contributed by atoms with Crippen molar-refractivity contribution in [1.82, 2.24) is 4.57 Å². The fourth-order valence-corrected chi connectivity index (χ4v) is 7.01. The molecule has 0 saturated heterocycles. The van der Waals surface area contributed by atoms with Crippen LogP contribution in [-0.4, -0.2) is 36.8 Å². The Hall–Kier alpha value is -4.05. The molecule has 246 valence electrons. The molecule has 1 atom stereocenters. The number of hydrogen-bond donors (Lipinski definition) is 0. The summed E-state index contributed by atoms with van der Waals surface area (Å²) in [5, 5.41) is 1.05. The second kappa shape index (κ2) is 15.2. The molecular formula is C36H37Cl2N3O5S. The van der Waals surface area contributed by atoms with E-state index in [0.717, 1.165) is 35.5 Å². The Morgan fingerprint density at radius 1 is 0.979 bits per heavy atom. The van der Waals surface area contributed by atoms with Gasteiger partial charge in [0.05, 0.1) is 35.1 Å². The lowest BCUT2D eigenvalue weighted by Gasteiger charge is -2.24. The van der Waals surface area contributed by atoms with Crippen molar-refractivity contribution in [3.05, 3.63) is 118 Å². The Labute approximate surface area is 288 Å². The van der Waals surface area contributed by atoms with Gasteiger partial charge in [-0.25, -0.2) is 9.79 Å². The second-order valence-corrected chi connectivity index (χ2v) is 12.6. The number of allylic oxidation sites excluding steroid dienone is 1. The lowest BCUT2D eigenvalue weighted by Crippen LogP contribution is -2.39. The van der Waals surface area contributed by atoms with Crippen LogP contribution in [-0.2, 0) is 16.1 Å². The minimum atomic E-state index is -0.726. The standard InChI is InChI=1S/C36H37Cl2N3O5S/c1-6-40(7-2)27-15-11-24(30(20-27)46-21-25-10-14-26(37)19-29(25)38)18-31-34(42)41-33(23-12-16-28(17-13-23)44-8-3)32(35(43)45-9-4)22(5)39-36(41)47-31/h10-20,33H,6-9,21H2,1-5H3/b31-18-/t33-/m0/s1. The molecule has 0 unspecified atom stereocenters. The average Bonchev–Trinajstić information content (AvgIpc) is 3.35. The highest BCUT2D eigenvalue weighted by molar-refractivity contribution is 7.07. The molecule has 0 radical (unpaired) electrons. The predicted octanol–water partition coefficient (Wildman–Crippen LogP) is 6.93. The maximum atomic E-state index is 14.2. The molecular weight excluding hydrogens is 657 g/mol. The number of carbonyl (C=O) groups excluding carboxylic acids is 1. The maximum absolute atomic E-state index is 14.2. The number of carbonyl (C=O) groups is 1. The van der Waals surface area contributed by atoms with Crippen molar-refractivity contribution in [2.45, 2.75) is 47.3 Å². The number of benzene rings is 3. The predicted molar refractivity (Wildman–Crippen MR) is 189 cm³/mol. The Kier molecular flexibility index (Phi) is 11.1. The van der Waals surface area contributed by atoms with E-state index in [1.165, 1.54) is 11.3 Å². The Balaban J connectivity index is 1.63. The SMILES string of the molecule is CCOC(=O)C1=C(C)N=c2s/c(=C\c3ccc(N(CC)CC)cc3OCc3ccc(Cl)cc3Cl)c(=O)n2[C@H]1c1ccc(OCC)cc1. The first-order chi connectivity index (χ1) is 22.7. The fourth-order valence-electron chi connectivity index (χ4n) is 5.51. The van der Waals surface area contributed by atoms with Crippen LogP contribution < -0.4 is 29.3 Å². The molecule has 3 aromatic carbocycles. The van der Waals surface area contributed by atoms with Gasteiger partial charge in [-0.15, -0.1) is 0 Å². The van der Waals surface area contributed by atoms with Crippen LogP contribution in [0.3, 0.4) is 0 Å². The summed E-state index contributed by atoms with van der Waals surface area (Å²) in [6.45, 7) is 12.2. The summed E-state index contributed by atoms with van der Waals surface area (Å²) >= 11 is 13.8. The number of thiazole rings is 1. The van der Waals surface area contributed by atoms with E-state index in [9.17, 15) is 9.59 Å². The molecule has 1 aliphatic heterocycles. The normalized spacial score (nSPS) is 14.4. The number of ether oxygens (including phenoxy) is 3. The maximum Gasteiger partial charge on any atom is 0.338 e. The number of rotatable bonds is 12. The first-order valence-corrected chi connectivity index (χ1v) is 17.1. The molecule has 0 aliphatic carbocycles. The van der Waals surface area contributed by atoms with Gasteiger partial charge in [-0.2, -0.15) is 0 Å². The van der Waals surface area contributed by atoms with Crippen LogP contribution in [0.25, 0.3) is 6.08 Å². The number of nitrogens with zero attached hydrogens (tertiary/aromatic N) is 3. The van der Waals surface area contributed by atoms with Gasteiger partial charge in [0.25, 0.3) is 5.56 Å². The largest absolute Gasteiger partial charge is 0.494 e. The van der Waals surface area contributed by atoms with Crippen LogP contribution in [0.1, 0.15) is 57.4 Å². The molecule has 0 saturated carbocycles. The third kappa shape index (κ3) is 7.43. The van der Waals surface area contributed by atoms with E-state index >= 15 is 0 Å². The summed E-state index contributed by atoms with van der Waals surface area (Å²) in [6, 6.07) is 17.9. The highest BCUT2D eigenvalue weighted by Gasteiger charge is 2.33. The molecule has 1 aliphatic rings. The number of fused-ring (bicyclic) bond motifs is 1. The second-order valence-electron chi connectivity index (χ2n) is 10.7. The van der Waals surface area contributed by atoms with Gasteiger partial charge in [0.15, 0.2) is 4.80 Å². The highest BCUT2D eigenvalue weighted by Crippen LogP contribution is 2.32. The molecule has 1 aromatic heterocycles. The van der Waals surface area contributed by atoms with Crippen molar-refractivity contribution in [2.75, 3.05) is 31.2 Å². The molecule has 0 N–H and O–H groups in total. The van der Waals surface area contributed by atoms with Gasteiger partial charge in [-0.3, -0.25) is 9.36 Å². The molecule has 0 bridgehead atoms. The van der Waals surface area contributed by atoms with Crippen molar-refractivity contribution in [2.24, 2.45) is 4.99 Å². The number of anilines is 1. The van der Waals surface area contributed by atoms with Gasteiger partial charge < -0.3 is 19.1 Å². The number of aromatic nitrogens is 1. The fraction of sp³-hybridized carbons (Fsp3) is 0.306. The van der Waals surface area contributed by atoms with E-state index in [1.54, 1.807) is 30.5 Å². The molecule has 2 heterocycles. The van der Waals surface area contributed by atoms with Gasteiger partial charge in [0, 0.05) is 46.0 Å². The number of hydrogen-bond acceptors (Lipinski definition) is 8. The quantitative estimate of drug-likeness (QED) is 0.150. The molecule has 0 spiro atoms. The monoisotopic (exact) mass is 693 g/mol. The highest BCUT2D eigenvalue weighted by atomic mass is 35.5. The van der Waals surface area contributed by atoms with Gasteiger partial charge in [-0.1, -0.05) is 52.7 Å². The summed E-state index contributed by atoms with van der Waals surface area (Å²) in [4.78, 5) is 34.9. The molecule has 0 fully saturated rings. The van der Waals surface area contributed by atoms with Crippen LogP contribution in [0, 0.1) is 0 Å². The van der Waals surface area contributed by atoms with E-state index in [-0.39, 0.29) is 18.8 Å². The number of esters is 1. The zero-order valence-corrected chi connectivity index (χ0v) is 29.3. The lowest BCUT2D eigenvalue weighted by molar-refractivity contribution is -0.139. The minimum Gasteiger partial charge on any atom is -0.494 e. The van der Waals surface area contributed by atoms with Crippen LogP contribution in [0.15, 0.2) is 81.7 Å². The minimum absolute atomic E-state index is 0.198. The Morgan fingerprint density at radius 3 is 2.38 bits per heavy atom. The molecule has 0 amide bonds. The van der Waals surface area contributed by atoms with Crippen LogP contribution in [0.4, 0.5) is 5.69 Å². The summed E-state index contributed by atoms with van der Waals surface area (Å²) in [5.74, 6) is 0.783. The van der Waals surface area contributed by atoms with E-state index in [0.29, 0.717) is 48.8 Å². The average molecular weight is 695 g/mol. The van der Waals surface area contributed by atoms with Crippen molar-refractivity contribution >= 4 is 52.3 Å². The Bertz CT molecular complexity index is 1980.